The van der Waals surface area contributed by atoms with Gasteiger partial charge in [0, 0.05) is 5.69 Å². The zero-order chi connectivity index (χ0) is 15.0. The Kier molecular flexibility index (Phi) is 6.52. The number of anilines is 1. The summed E-state index contributed by atoms with van der Waals surface area (Å²) in [6.45, 7) is 1.47. The summed E-state index contributed by atoms with van der Waals surface area (Å²) in [7, 11) is 0. The van der Waals surface area contributed by atoms with Crippen molar-refractivity contribution in [3.8, 4) is 0 Å². The number of unbranched alkanes of at least 4 members (excludes halogenated alkanes) is 1. The van der Waals surface area contributed by atoms with Crippen molar-refractivity contribution in [3.05, 3.63) is 29.8 Å². The molecule has 0 aliphatic rings. The Morgan fingerprint density at radius 2 is 1.90 bits per heavy atom. The fourth-order valence-corrected chi connectivity index (χ4v) is 1.65. The standard InChI is InChI=1S/C14H20N2O4/c1-2-3-4-10-5-7-11(8-6-10)15-14(20)16-12(9-17)13(18)19/h5-8,12,17H,2-4,9H2,1H3,(H,18,19)(H2,15,16,20). The van der Waals surface area contributed by atoms with Crippen LogP contribution in [0.1, 0.15) is 25.3 Å². The number of carbonyl (C=O) groups excluding carboxylic acids is 1. The van der Waals surface area contributed by atoms with Crippen molar-refractivity contribution in [2.24, 2.45) is 0 Å². The second kappa shape index (κ2) is 8.16. The Balaban J connectivity index is 2.51. The molecule has 0 spiro atoms. The molecule has 20 heavy (non-hydrogen) atoms. The summed E-state index contributed by atoms with van der Waals surface area (Å²) in [5.74, 6) is -1.28. The summed E-state index contributed by atoms with van der Waals surface area (Å²) in [4.78, 5) is 22.2. The second-order valence-electron chi connectivity index (χ2n) is 4.47. The molecule has 4 N–H and O–H groups in total. The van der Waals surface area contributed by atoms with Crippen molar-refractivity contribution >= 4 is 17.7 Å². The average Bonchev–Trinajstić information content (AvgIpc) is 2.43. The Morgan fingerprint density at radius 1 is 1.25 bits per heavy atom. The van der Waals surface area contributed by atoms with Gasteiger partial charge in [0.05, 0.1) is 6.61 Å². The van der Waals surface area contributed by atoms with Gasteiger partial charge in [-0.2, -0.15) is 0 Å². The third-order valence-corrected chi connectivity index (χ3v) is 2.82. The number of hydrogen-bond acceptors (Lipinski definition) is 3. The number of nitrogens with one attached hydrogen (secondary N) is 2. The number of carboxylic acid groups (broad SMARTS) is 1. The third kappa shape index (κ3) is 5.27. The molecule has 110 valence electrons. The molecule has 0 aliphatic carbocycles. The van der Waals surface area contributed by atoms with E-state index in [4.69, 9.17) is 10.2 Å². The van der Waals surface area contributed by atoms with Crippen LogP contribution in [0.15, 0.2) is 24.3 Å². The van der Waals surface area contributed by atoms with Gasteiger partial charge in [-0.25, -0.2) is 9.59 Å². The quantitative estimate of drug-likeness (QED) is 0.609. The maximum Gasteiger partial charge on any atom is 0.328 e. The van der Waals surface area contributed by atoms with Gasteiger partial charge in [-0.15, -0.1) is 0 Å². The van der Waals surface area contributed by atoms with Gasteiger partial charge in [-0.3, -0.25) is 0 Å². The summed E-state index contributed by atoms with van der Waals surface area (Å²) < 4.78 is 0. The molecule has 6 nitrogen and oxygen atoms in total. The van der Waals surface area contributed by atoms with Gasteiger partial charge in [0.2, 0.25) is 0 Å². The van der Waals surface area contributed by atoms with E-state index in [0.29, 0.717) is 5.69 Å². The van der Waals surface area contributed by atoms with Crippen LogP contribution in [0.3, 0.4) is 0 Å². The van der Waals surface area contributed by atoms with Crippen LogP contribution in [0.5, 0.6) is 0 Å². The summed E-state index contributed by atoms with van der Waals surface area (Å²) in [6.07, 6.45) is 3.23. The van der Waals surface area contributed by atoms with E-state index in [1.807, 2.05) is 12.1 Å². The molecule has 1 aromatic carbocycles. The molecule has 0 bridgehead atoms. The number of benzene rings is 1. The summed E-state index contributed by atoms with van der Waals surface area (Å²) in [6, 6.07) is 5.41. The molecule has 1 aromatic rings. The number of urea groups is 1. The number of carbonyl (C=O) groups is 2. The monoisotopic (exact) mass is 280 g/mol. The van der Waals surface area contributed by atoms with Crippen molar-refractivity contribution in [2.45, 2.75) is 32.2 Å². The van der Waals surface area contributed by atoms with Crippen molar-refractivity contribution in [3.63, 3.8) is 0 Å². The molecule has 0 heterocycles. The maximum absolute atomic E-state index is 11.5. The minimum atomic E-state index is -1.31. The van der Waals surface area contributed by atoms with Gasteiger partial charge in [-0.1, -0.05) is 25.5 Å². The molecular formula is C14H20N2O4. The molecule has 0 saturated carbocycles. The van der Waals surface area contributed by atoms with Crippen LogP contribution in [0.2, 0.25) is 0 Å². The molecule has 0 fully saturated rings. The fourth-order valence-electron chi connectivity index (χ4n) is 1.65. The van der Waals surface area contributed by atoms with E-state index < -0.39 is 24.6 Å². The Bertz CT molecular complexity index is 445. The van der Waals surface area contributed by atoms with Crippen molar-refractivity contribution < 1.29 is 19.8 Å². The van der Waals surface area contributed by atoms with E-state index in [1.165, 1.54) is 5.56 Å². The van der Waals surface area contributed by atoms with Crippen LogP contribution in [-0.4, -0.2) is 34.9 Å². The first-order valence-electron chi connectivity index (χ1n) is 6.57. The van der Waals surface area contributed by atoms with E-state index in [2.05, 4.69) is 17.6 Å². The van der Waals surface area contributed by atoms with Crippen molar-refractivity contribution in [2.75, 3.05) is 11.9 Å². The normalized spacial score (nSPS) is 11.7. The van der Waals surface area contributed by atoms with Gasteiger partial charge in [-0.05, 0) is 30.5 Å². The van der Waals surface area contributed by atoms with E-state index in [0.717, 1.165) is 19.3 Å². The first-order valence-corrected chi connectivity index (χ1v) is 6.57. The number of rotatable bonds is 7. The highest BCUT2D eigenvalue weighted by Gasteiger charge is 2.18. The minimum absolute atomic E-state index is 0.574. The highest BCUT2D eigenvalue weighted by Crippen LogP contribution is 2.11. The molecular weight excluding hydrogens is 260 g/mol. The smallest absolute Gasteiger partial charge is 0.328 e. The second-order valence-corrected chi connectivity index (χ2v) is 4.47. The van der Waals surface area contributed by atoms with E-state index >= 15 is 0 Å². The topological polar surface area (TPSA) is 98.7 Å². The molecule has 0 saturated heterocycles. The molecule has 0 aromatic heterocycles. The Morgan fingerprint density at radius 3 is 2.40 bits per heavy atom. The zero-order valence-corrected chi connectivity index (χ0v) is 11.4. The lowest BCUT2D eigenvalue weighted by molar-refractivity contribution is -0.140. The van der Waals surface area contributed by atoms with Gasteiger partial charge in [0.15, 0.2) is 6.04 Å². The first kappa shape index (κ1) is 16.0. The largest absolute Gasteiger partial charge is 0.480 e. The number of hydrogen-bond donors (Lipinski definition) is 4. The number of amides is 2. The van der Waals surface area contributed by atoms with Crippen LogP contribution < -0.4 is 10.6 Å². The summed E-state index contributed by atoms with van der Waals surface area (Å²) in [5.41, 5.74) is 1.77. The van der Waals surface area contributed by atoms with E-state index in [1.54, 1.807) is 12.1 Å². The van der Waals surface area contributed by atoms with E-state index in [-0.39, 0.29) is 0 Å². The SMILES string of the molecule is CCCCc1ccc(NC(=O)NC(CO)C(=O)O)cc1. The number of aliphatic carboxylic acids is 1. The predicted octanol–water partition coefficient (Wildman–Crippen LogP) is 1.60. The zero-order valence-electron chi connectivity index (χ0n) is 11.4. The van der Waals surface area contributed by atoms with Crippen LogP contribution in [0.25, 0.3) is 0 Å². The molecule has 1 atom stereocenters. The molecule has 0 aliphatic heterocycles. The van der Waals surface area contributed by atoms with Crippen LogP contribution in [0.4, 0.5) is 10.5 Å². The van der Waals surface area contributed by atoms with E-state index in [9.17, 15) is 9.59 Å². The van der Waals surface area contributed by atoms with Crippen LogP contribution in [0, 0.1) is 0 Å². The van der Waals surface area contributed by atoms with Gasteiger partial charge in [0.1, 0.15) is 0 Å². The fraction of sp³-hybridized carbons (Fsp3) is 0.429. The average molecular weight is 280 g/mol. The molecule has 0 radical (unpaired) electrons. The van der Waals surface area contributed by atoms with Gasteiger partial charge < -0.3 is 20.8 Å². The summed E-state index contributed by atoms with van der Waals surface area (Å²) in [5, 5.41) is 22.2. The maximum atomic E-state index is 11.5. The number of aliphatic hydroxyl groups is 1. The molecule has 2 amide bonds. The highest BCUT2D eigenvalue weighted by molar-refractivity contribution is 5.92. The Labute approximate surface area is 117 Å². The Hall–Kier alpha value is -2.08. The van der Waals surface area contributed by atoms with Gasteiger partial charge in [0.25, 0.3) is 0 Å². The number of carboxylic acids is 1. The number of aliphatic hydroxyl groups excluding tert-OH is 1. The molecule has 1 rings (SSSR count). The number of aryl methyl sites for hydroxylation is 1. The lowest BCUT2D eigenvalue weighted by atomic mass is 10.1. The summed E-state index contributed by atoms with van der Waals surface area (Å²) >= 11 is 0. The molecule has 6 heteroatoms. The minimum Gasteiger partial charge on any atom is -0.480 e. The predicted molar refractivity (Wildman–Crippen MR) is 75.7 cm³/mol. The first-order chi connectivity index (χ1) is 9.56. The van der Waals surface area contributed by atoms with Crippen LogP contribution >= 0.6 is 0 Å². The third-order valence-electron chi connectivity index (χ3n) is 2.82. The van der Waals surface area contributed by atoms with Crippen molar-refractivity contribution in [1.82, 2.24) is 5.32 Å². The molecule has 1 unspecified atom stereocenters. The van der Waals surface area contributed by atoms with Crippen LogP contribution in [-0.2, 0) is 11.2 Å². The van der Waals surface area contributed by atoms with Crippen molar-refractivity contribution in [1.29, 1.82) is 0 Å². The van der Waals surface area contributed by atoms with Gasteiger partial charge >= 0.3 is 12.0 Å². The lowest BCUT2D eigenvalue weighted by Gasteiger charge is -2.12. The highest BCUT2D eigenvalue weighted by atomic mass is 16.4. The lowest BCUT2D eigenvalue weighted by Crippen LogP contribution is -2.45.